The van der Waals surface area contributed by atoms with Crippen molar-refractivity contribution in [3.8, 4) is 0 Å². The Kier molecular flexibility index (Phi) is 69.8. The summed E-state index contributed by atoms with van der Waals surface area (Å²) in [7, 11) is 0. The number of esters is 5. The third-order valence-corrected chi connectivity index (χ3v) is 4.21. The van der Waals surface area contributed by atoms with Gasteiger partial charge in [-0.3, -0.25) is 0 Å². The zero-order valence-electron chi connectivity index (χ0n) is 34.6. The van der Waals surface area contributed by atoms with Crippen molar-refractivity contribution >= 4 is 121 Å². The maximum atomic E-state index is 10.5. The summed E-state index contributed by atoms with van der Waals surface area (Å²) in [5.74, 6) is -7.61. The van der Waals surface area contributed by atoms with E-state index in [1.807, 2.05) is 27.7 Å². The van der Waals surface area contributed by atoms with Gasteiger partial charge in [-0.15, -0.1) is 0 Å². The van der Waals surface area contributed by atoms with Crippen LogP contribution in [0, 0.1) is 0 Å². The molecule has 0 aliphatic heterocycles. The average molecular weight is 1100 g/mol. The molecular formula is C36H60O19S2Sn2. The van der Waals surface area contributed by atoms with Gasteiger partial charge < -0.3 is 49.2 Å². The molecular weight excluding hydrogens is 1040 g/mol. The second-order valence-electron chi connectivity index (χ2n) is 9.62. The first-order valence-corrected chi connectivity index (χ1v) is 29.7. The molecule has 23 heteroatoms. The van der Waals surface area contributed by atoms with Crippen molar-refractivity contribution in [2.75, 3.05) is 39.6 Å². The van der Waals surface area contributed by atoms with Crippen LogP contribution in [-0.4, -0.2) is 166 Å². The quantitative estimate of drug-likeness (QED) is 0.0243. The van der Waals surface area contributed by atoms with E-state index >= 15 is 0 Å². The normalized spacial score (nSPS) is 9.49. The van der Waals surface area contributed by atoms with Crippen molar-refractivity contribution in [3.05, 3.63) is 48.6 Å². The van der Waals surface area contributed by atoms with E-state index in [1.165, 1.54) is 0 Å². The number of rotatable bonds is 19. The van der Waals surface area contributed by atoms with Crippen LogP contribution in [0.1, 0.15) is 53.4 Å². The van der Waals surface area contributed by atoms with Gasteiger partial charge in [0.1, 0.15) is 11.2 Å². The average Bonchev–Trinajstić information content (AvgIpc) is 3.17. The molecule has 4 radical (unpaired) electrons. The summed E-state index contributed by atoms with van der Waals surface area (Å²) in [5, 5.41) is 40.5. The molecule has 0 aromatic rings. The predicted octanol–water partition coefficient (Wildman–Crippen LogP) is 3.60. The van der Waals surface area contributed by atoms with Crippen LogP contribution < -0.4 is 0 Å². The van der Waals surface area contributed by atoms with Crippen LogP contribution in [-0.2, 0) is 66.8 Å². The van der Waals surface area contributed by atoms with Gasteiger partial charge in [-0.2, -0.15) is 25.3 Å². The van der Waals surface area contributed by atoms with Crippen molar-refractivity contribution in [3.63, 3.8) is 0 Å². The van der Waals surface area contributed by atoms with E-state index in [-0.39, 0.29) is 55.5 Å². The van der Waals surface area contributed by atoms with Gasteiger partial charge >= 0.3 is 116 Å². The van der Waals surface area contributed by atoms with E-state index in [4.69, 9.17) is 25.5 Å². The fraction of sp³-hybridized carbons (Fsp3) is 0.528. The summed E-state index contributed by atoms with van der Waals surface area (Å²) in [6.45, 7) is 8.55. The molecule has 0 bridgehead atoms. The maximum absolute atomic E-state index is 10.5. The molecule has 0 amide bonds. The molecule has 0 fully saturated rings. The van der Waals surface area contributed by atoms with Crippen LogP contribution in [0.15, 0.2) is 48.6 Å². The molecule has 0 aromatic heterocycles. The van der Waals surface area contributed by atoms with E-state index in [0.717, 1.165) is 74.3 Å². The van der Waals surface area contributed by atoms with Crippen molar-refractivity contribution in [1.82, 2.24) is 0 Å². The van der Waals surface area contributed by atoms with Crippen molar-refractivity contribution in [1.29, 1.82) is 0 Å². The Morgan fingerprint density at radius 3 is 0.780 bits per heavy atom. The fourth-order valence-corrected chi connectivity index (χ4v) is 1.93. The summed E-state index contributed by atoms with van der Waals surface area (Å²) in [6.07, 6.45) is 9.45. The number of hydrogen-bond acceptors (Lipinski definition) is 17. The standard InChI is InChI=1S/4C7H10O4.C4H8O3S2.4CH3.2Sn/c4*1-2-5-11-7(10)4-3-6(8)9;5-1-2-7-3(6)4(8)9;;;;;;/h4*3-4H,2,5H2,1H3,(H,8,9);4-5,8-9H,1-2H2;4*1H3;;/b4*4-3-;;;;;;;. The topological polar surface area (TPSA) is 301 Å². The van der Waals surface area contributed by atoms with Crippen molar-refractivity contribution in [2.24, 2.45) is 0 Å². The number of carbonyl (C=O) groups excluding carboxylic acids is 5. The third-order valence-electron chi connectivity index (χ3n) is 3.79. The summed E-state index contributed by atoms with van der Waals surface area (Å²) in [5.41, 5.74) is 0. The van der Waals surface area contributed by atoms with Crippen molar-refractivity contribution in [2.45, 2.75) is 77.7 Å². The minimum atomic E-state index is -1.15. The van der Waals surface area contributed by atoms with Gasteiger partial charge in [0.15, 0.2) is 0 Å². The van der Waals surface area contributed by atoms with E-state index in [1.54, 1.807) is 0 Å². The number of aliphatic hydroxyl groups excluding tert-OH is 1. The minimum absolute atomic E-state index is 0.0104. The van der Waals surface area contributed by atoms with Crippen LogP contribution in [0.4, 0.5) is 0 Å². The Hall–Kier alpha value is -3.55. The van der Waals surface area contributed by atoms with Crippen molar-refractivity contribution < 1.29 is 92.4 Å². The van der Waals surface area contributed by atoms with Crippen LogP contribution in [0.3, 0.4) is 0 Å². The molecule has 5 N–H and O–H groups in total. The molecule has 0 aromatic carbocycles. The van der Waals surface area contributed by atoms with E-state index in [9.17, 15) is 43.2 Å². The van der Waals surface area contributed by atoms with E-state index in [0.29, 0.717) is 26.4 Å². The molecule has 0 saturated heterocycles. The first kappa shape index (κ1) is 70.0. The molecule has 19 nitrogen and oxygen atoms in total. The molecule has 0 spiro atoms. The van der Waals surface area contributed by atoms with E-state index < -0.39 is 58.3 Å². The zero-order chi connectivity index (χ0) is 47.5. The van der Waals surface area contributed by atoms with Crippen LogP contribution in [0.5, 0.6) is 0 Å². The molecule has 0 aliphatic carbocycles. The van der Waals surface area contributed by atoms with Gasteiger partial charge in [-0.25, -0.2) is 43.2 Å². The Morgan fingerprint density at radius 2 is 0.644 bits per heavy atom. The zero-order valence-corrected chi connectivity index (χ0v) is 42.1. The van der Waals surface area contributed by atoms with Crippen LogP contribution in [0.25, 0.3) is 0 Å². The summed E-state index contributed by atoms with van der Waals surface area (Å²) in [6, 6.07) is 0. The third kappa shape index (κ3) is 91.5. The molecule has 59 heavy (non-hydrogen) atoms. The number of hydrogen-bond donors (Lipinski definition) is 7. The SMILES string of the molecule is CCCOC(=O)/C=C\C(=O)O.CCCOC(=O)/C=C\C(=O)O.CCCOC(=O)/C=C\C(=O)O.CCCOC(=O)/C=C\C(=O)O.O=C(OCCO)C(S)S.[CH3][Sn][CH3].[CH3][Sn][CH3]. The molecule has 0 heterocycles. The second-order valence-corrected chi connectivity index (χ2v) is 16.8. The number of ether oxygens (including phenoxy) is 5. The first-order chi connectivity index (χ1) is 27.7. The van der Waals surface area contributed by atoms with Crippen LogP contribution >= 0.6 is 25.3 Å². The number of aliphatic carboxylic acids is 4. The Labute approximate surface area is 377 Å². The Balaban J connectivity index is -0.000000111. The molecule has 0 aliphatic rings. The summed E-state index contributed by atoms with van der Waals surface area (Å²) >= 11 is 7.81. The first-order valence-electron chi connectivity index (χ1n) is 17.3. The van der Waals surface area contributed by atoms with E-state index in [2.05, 4.69) is 68.7 Å². The number of aliphatic hydroxyl groups is 1. The second kappa shape index (κ2) is 58.8. The van der Waals surface area contributed by atoms with Gasteiger partial charge in [0.25, 0.3) is 0 Å². The summed E-state index contributed by atoms with van der Waals surface area (Å²) < 4.78 is 21.9. The number of carboxylic acids is 4. The van der Waals surface area contributed by atoms with Gasteiger partial charge in [0.05, 0.1) is 33.0 Å². The predicted molar refractivity (Wildman–Crippen MR) is 227 cm³/mol. The number of thiol groups is 2. The molecule has 338 valence electrons. The van der Waals surface area contributed by atoms with Crippen LogP contribution in [0.2, 0.25) is 19.8 Å². The Bertz CT molecular complexity index is 1090. The fourth-order valence-electron chi connectivity index (χ4n) is 1.78. The van der Waals surface area contributed by atoms with Gasteiger partial charge in [-0.05, 0) is 25.7 Å². The number of carbonyl (C=O) groups is 9. The molecule has 0 rings (SSSR count). The van der Waals surface area contributed by atoms with Gasteiger partial charge in [0, 0.05) is 48.6 Å². The molecule has 0 atom stereocenters. The monoisotopic (exact) mass is 1100 g/mol. The van der Waals surface area contributed by atoms with Gasteiger partial charge in [0.2, 0.25) is 0 Å². The number of carboxylic acid groups (broad SMARTS) is 4. The molecule has 0 unspecified atom stereocenters. The molecule has 0 saturated carbocycles. The Morgan fingerprint density at radius 1 is 0.441 bits per heavy atom. The summed E-state index contributed by atoms with van der Waals surface area (Å²) in [4.78, 5) is 101. The van der Waals surface area contributed by atoms with Gasteiger partial charge in [-0.1, -0.05) is 27.7 Å².